The van der Waals surface area contributed by atoms with Crippen LogP contribution in [0, 0.1) is 5.82 Å². The van der Waals surface area contributed by atoms with E-state index < -0.39 is 18.1 Å². The van der Waals surface area contributed by atoms with Crippen molar-refractivity contribution in [2.75, 3.05) is 19.6 Å². The van der Waals surface area contributed by atoms with Crippen LogP contribution in [0.4, 0.5) is 4.39 Å². The Kier molecular flexibility index (Phi) is 8.45. The van der Waals surface area contributed by atoms with Crippen molar-refractivity contribution >= 4 is 23.2 Å². The first-order valence-corrected chi connectivity index (χ1v) is 13.5. The lowest BCUT2D eigenvalue weighted by molar-refractivity contribution is -0.116. The minimum atomic E-state index is -1.05. The lowest BCUT2D eigenvalue weighted by atomic mass is 9.99. The Morgan fingerprint density at radius 3 is 2.28 bits per heavy atom. The Morgan fingerprint density at radius 2 is 1.69 bits per heavy atom. The molecule has 204 valence electrons. The zero-order valence-electron chi connectivity index (χ0n) is 21.4. The maximum atomic E-state index is 13.3. The first-order chi connectivity index (χ1) is 18.9. The van der Waals surface area contributed by atoms with E-state index in [2.05, 4.69) is 15.4 Å². The third-order valence-electron chi connectivity index (χ3n) is 7.12. The molecule has 3 aromatic rings. The number of amides is 1. The maximum Gasteiger partial charge on any atom is 0.274 e. The van der Waals surface area contributed by atoms with Crippen LogP contribution >= 0.6 is 11.6 Å². The summed E-state index contributed by atoms with van der Waals surface area (Å²) in [7, 11) is 0. The Labute approximate surface area is 231 Å². The van der Waals surface area contributed by atoms with Crippen molar-refractivity contribution in [1.82, 2.24) is 10.2 Å². The predicted octanol–water partition coefficient (Wildman–Crippen LogP) is 5.18. The standard InChI is InChI=1S/C30H31ClFN3O4/c31-25-17-22(9-14-27(25)39-24-12-13-24)29(36)26(18-35-15-1-2-16-35)33-30(37)28(34-38)21-5-3-19(4-6-21)20-7-10-23(32)11-8-20/h3-11,14,17,24,26,29,36,38H,1-2,12-13,15-16,18H2,(H,33,37)/b34-28+. The fourth-order valence-electron chi connectivity index (χ4n) is 4.80. The van der Waals surface area contributed by atoms with Crippen molar-refractivity contribution in [2.45, 2.75) is 43.9 Å². The Balaban J connectivity index is 1.32. The van der Waals surface area contributed by atoms with Gasteiger partial charge >= 0.3 is 0 Å². The smallest absolute Gasteiger partial charge is 0.274 e. The lowest BCUT2D eigenvalue weighted by Crippen LogP contribution is -2.48. The molecule has 5 rings (SSSR count). The van der Waals surface area contributed by atoms with E-state index in [1.165, 1.54) is 12.1 Å². The molecule has 2 fully saturated rings. The minimum Gasteiger partial charge on any atom is -0.489 e. The van der Waals surface area contributed by atoms with Crippen LogP contribution in [0.2, 0.25) is 5.02 Å². The molecule has 9 heteroatoms. The number of nitrogens with one attached hydrogen (secondary N) is 1. The normalized spacial score (nSPS) is 17.6. The van der Waals surface area contributed by atoms with Gasteiger partial charge in [0.15, 0.2) is 5.71 Å². The second kappa shape index (κ2) is 12.2. The van der Waals surface area contributed by atoms with Crippen molar-refractivity contribution < 1.29 is 24.2 Å². The first kappa shape index (κ1) is 27.1. The molecule has 3 N–H and O–H groups in total. The molecule has 1 aliphatic heterocycles. The highest BCUT2D eigenvalue weighted by molar-refractivity contribution is 6.45. The number of carbonyl (C=O) groups excluding carboxylic acids is 1. The van der Waals surface area contributed by atoms with E-state index in [9.17, 15) is 19.5 Å². The van der Waals surface area contributed by atoms with E-state index in [1.54, 1.807) is 54.6 Å². The van der Waals surface area contributed by atoms with Gasteiger partial charge in [0, 0.05) is 12.1 Å². The molecule has 1 amide bonds. The molecule has 2 unspecified atom stereocenters. The van der Waals surface area contributed by atoms with Gasteiger partial charge in [0.2, 0.25) is 0 Å². The number of ether oxygens (including phenoxy) is 1. The molecule has 39 heavy (non-hydrogen) atoms. The molecule has 7 nitrogen and oxygen atoms in total. The number of carbonyl (C=O) groups is 1. The Morgan fingerprint density at radius 1 is 1.05 bits per heavy atom. The van der Waals surface area contributed by atoms with Gasteiger partial charge in [-0.2, -0.15) is 0 Å². The summed E-state index contributed by atoms with van der Waals surface area (Å²) in [6, 6.07) is 17.4. The van der Waals surface area contributed by atoms with E-state index in [-0.39, 0.29) is 17.6 Å². The maximum absolute atomic E-state index is 13.3. The zero-order chi connectivity index (χ0) is 27.4. The number of nitrogens with zero attached hydrogens (tertiary/aromatic N) is 2. The van der Waals surface area contributed by atoms with Crippen molar-refractivity contribution in [2.24, 2.45) is 5.16 Å². The van der Waals surface area contributed by atoms with Gasteiger partial charge < -0.3 is 25.3 Å². The summed E-state index contributed by atoms with van der Waals surface area (Å²) in [4.78, 5) is 15.5. The van der Waals surface area contributed by atoms with Crippen LogP contribution < -0.4 is 10.1 Å². The topological polar surface area (TPSA) is 94.4 Å². The first-order valence-electron chi connectivity index (χ1n) is 13.2. The quantitative estimate of drug-likeness (QED) is 0.183. The molecular weight excluding hydrogens is 521 g/mol. The number of aliphatic hydroxyl groups is 1. The summed E-state index contributed by atoms with van der Waals surface area (Å²) in [5, 5.41) is 27.6. The second-order valence-corrected chi connectivity index (χ2v) is 10.5. The summed E-state index contributed by atoms with van der Waals surface area (Å²) in [5.74, 6) is -0.360. The second-order valence-electron chi connectivity index (χ2n) is 10.1. The van der Waals surface area contributed by atoms with Gasteiger partial charge in [-0.15, -0.1) is 0 Å². The van der Waals surface area contributed by atoms with Crippen LogP contribution in [0.25, 0.3) is 11.1 Å². The van der Waals surface area contributed by atoms with Crippen molar-refractivity contribution in [3.8, 4) is 16.9 Å². The summed E-state index contributed by atoms with van der Waals surface area (Å²) in [5.41, 5.74) is 2.42. The largest absolute Gasteiger partial charge is 0.489 e. The van der Waals surface area contributed by atoms with Gasteiger partial charge in [0.25, 0.3) is 5.91 Å². The monoisotopic (exact) mass is 551 g/mol. The molecule has 1 saturated carbocycles. The molecule has 3 aromatic carbocycles. The minimum absolute atomic E-state index is 0.175. The van der Waals surface area contributed by atoms with Crippen LogP contribution in [0.3, 0.4) is 0 Å². The SMILES string of the molecule is O=C(NC(CN1CCCC1)C(O)c1ccc(OC2CC2)c(Cl)c1)/C(=N/O)c1ccc(-c2ccc(F)cc2)cc1. The molecule has 0 bridgehead atoms. The number of oxime groups is 1. The fourth-order valence-corrected chi connectivity index (χ4v) is 5.03. The van der Waals surface area contributed by atoms with Gasteiger partial charge in [0.05, 0.1) is 17.2 Å². The fraction of sp³-hybridized carbons (Fsp3) is 0.333. The van der Waals surface area contributed by atoms with Crippen LogP contribution in [-0.4, -0.2) is 58.6 Å². The third kappa shape index (κ3) is 6.76. The number of benzene rings is 3. The Hall–Kier alpha value is -3.46. The molecule has 1 heterocycles. The molecule has 1 aliphatic carbocycles. The van der Waals surface area contributed by atoms with Gasteiger partial charge in [-0.3, -0.25) is 4.79 Å². The summed E-state index contributed by atoms with van der Waals surface area (Å²) < 4.78 is 19.1. The average Bonchev–Trinajstić information content (AvgIpc) is 3.62. The number of rotatable bonds is 10. The number of aliphatic hydroxyl groups excluding tert-OH is 1. The van der Waals surface area contributed by atoms with Crippen molar-refractivity contribution in [1.29, 1.82) is 0 Å². The predicted molar refractivity (Wildman–Crippen MR) is 148 cm³/mol. The number of likely N-dealkylation sites (tertiary alicyclic amines) is 1. The molecule has 0 radical (unpaired) electrons. The molecule has 0 spiro atoms. The van der Waals surface area contributed by atoms with Crippen LogP contribution in [0.15, 0.2) is 71.9 Å². The van der Waals surface area contributed by atoms with Crippen LogP contribution in [0.1, 0.15) is 42.9 Å². The number of halogens is 2. The van der Waals surface area contributed by atoms with Crippen LogP contribution in [-0.2, 0) is 4.79 Å². The van der Waals surface area contributed by atoms with Gasteiger partial charge in [-0.05, 0) is 79.7 Å². The van der Waals surface area contributed by atoms with Crippen molar-refractivity contribution in [3.05, 3.63) is 88.7 Å². The van der Waals surface area contributed by atoms with Crippen molar-refractivity contribution in [3.63, 3.8) is 0 Å². The number of hydrogen-bond acceptors (Lipinski definition) is 6. The van der Waals surface area contributed by atoms with E-state index in [4.69, 9.17) is 16.3 Å². The lowest BCUT2D eigenvalue weighted by Gasteiger charge is -2.29. The molecular formula is C30H31ClFN3O4. The zero-order valence-corrected chi connectivity index (χ0v) is 22.1. The highest BCUT2D eigenvalue weighted by Crippen LogP contribution is 2.34. The third-order valence-corrected chi connectivity index (χ3v) is 7.41. The van der Waals surface area contributed by atoms with E-state index in [0.29, 0.717) is 28.4 Å². The number of hydrogen-bond donors (Lipinski definition) is 3. The van der Waals surface area contributed by atoms with Gasteiger partial charge in [-0.1, -0.05) is 59.2 Å². The van der Waals surface area contributed by atoms with E-state index >= 15 is 0 Å². The summed E-state index contributed by atoms with van der Waals surface area (Å²) in [6.07, 6.45) is 3.27. The summed E-state index contributed by atoms with van der Waals surface area (Å²) >= 11 is 6.44. The average molecular weight is 552 g/mol. The van der Waals surface area contributed by atoms with Gasteiger partial charge in [0.1, 0.15) is 17.7 Å². The Bertz CT molecular complexity index is 1320. The molecule has 2 aliphatic rings. The van der Waals surface area contributed by atoms with E-state index in [1.807, 2.05) is 0 Å². The van der Waals surface area contributed by atoms with E-state index in [0.717, 1.165) is 49.9 Å². The van der Waals surface area contributed by atoms with Crippen LogP contribution in [0.5, 0.6) is 5.75 Å². The molecule has 0 aromatic heterocycles. The van der Waals surface area contributed by atoms with Gasteiger partial charge in [-0.25, -0.2) is 4.39 Å². The highest BCUT2D eigenvalue weighted by atomic mass is 35.5. The summed E-state index contributed by atoms with van der Waals surface area (Å²) in [6.45, 7) is 2.17. The highest BCUT2D eigenvalue weighted by Gasteiger charge is 2.30. The molecule has 1 saturated heterocycles. The molecule has 2 atom stereocenters.